The van der Waals surface area contributed by atoms with E-state index in [1.165, 1.54) is 19.2 Å². The standard InChI is InChI=1S/C11H11BF3O2/c1-17-10(16)11(6-7-11)8-2-4-9(5-3-8)12(13,14)15/h2-5H,6-7H2,1H3/q-1. The lowest BCUT2D eigenvalue weighted by atomic mass is 9.79. The number of ether oxygens (including phenoxy) is 1. The van der Waals surface area contributed by atoms with E-state index in [0.717, 1.165) is 12.1 Å². The fourth-order valence-corrected chi connectivity index (χ4v) is 1.95. The van der Waals surface area contributed by atoms with Gasteiger partial charge in [-0.25, -0.2) is 0 Å². The first-order valence-corrected chi connectivity index (χ1v) is 5.29. The van der Waals surface area contributed by atoms with Crippen LogP contribution in [0.15, 0.2) is 24.3 Å². The van der Waals surface area contributed by atoms with Gasteiger partial charge in [-0.2, -0.15) is 0 Å². The van der Waals surface area contributed by atoms with Gasteiger partial charge in [0.25, 0.3) is 0 Å². The molecule has 0 unspecified atom stereocenters. The lowest BCUT2D eigenvalue weighted by molar-refractivity contribution is -0.143. The van der Waals surface area contributed by atoms with Gasteiger partial charge in [-0.3, -0.25) is 4.79 Å². The number of hydrogen-bond donors (Lipinski definition) is 0. The third kappa shape index (κ3) is 2.03. The number of carbonyl (C=O) groups excluding carboxylic acids is 1. The molecule has 0 bridgehead atoms. The molecule has 0 spiro atoms. The van der Waals surface area contributed by atoms with E-state index in [9.17, 15) is 17.7 Å². The summed E-state index contributed by atoms with van der Waals surface area (Å²) in [5, 5.41) is 0. The Kier molecular flexibility index (Phi) is 2.68. The van der Waals surface area contributed by atoms with Gasteiger partial charge in [0.15, 0.2) is 0 Å². The third-order valence-electron chi connectivity index (χ3n) is 3.17. The monoisotopic (exact) mass is 243 g/mol. The molecular formula is C11H11BF3O2-. The van der Waals surface area contributed by atoms with E-state index < -0.39 is 17.9 Å². The normalized spacial score (nSPS) is 17.6. The summed E-state index contributed by atoms with van der Waals surface area (Å²) in [5.74, 6) is -0.372. The molecule has 0 heterocycles. The van der Waals surface area contributed by atoms with Gasteiger partial charge in [0.2, 0.25) is 0 Å². The fourth-order valence-electron chi connectivity index (χ4n) is 1.95. The molecule has 1 aliphatic rings. The molecular weight excluding hydrogens is 232 g/mol. The predicted molar refractivity (Wildman–Crippen MR) is 58.1 cm³/mol. The maximum atomic E-state index is 12.4. The van der Waals surface area contributed by atoms with E-state index in [2.05, 4.69) is 4.74 Å². The highest BCUT2D eigenvalue weighted by atomic mass is 19.4. The Balaban J connectivity index is 2.28. The molecule has 1 aromatic rings. The number of esters is 1. The van der Waals surface area contributed by atoms with Gasteiger partial charge < -0.3 is 17.7 Å². The molecule has 0 saturated heterocycles. The minimum atomic E-state index is -4.98. The van der Waals surface area contributed by atoms with E-state index in [-0.39, 0.29) is 5.97 Å². The van der Waals surface area contributed by atoms with Crippen molar-refractivity contribution >= 4 is 18.4 Å². The summed E-state index contributed by atoms with van der Waals surface area (Å²) in [6, 6.07) is 4.79. The summed E-state index contributed by atoms with van der Waals surface area (Å²) < 4.78 is 42.0. The minimum Gasteiger partial charge on any atom is -0.468 e. The van der Waals surface area contributed by atoms with Gasteiger partial charge >= 0.3 is 12.9 Å². The number of hydrogen-bond acceptors (Lipinski definition) is 2. The zero-order valence-electron chi connectivity index (χ0n) is 9.25. The SMILES string of the molecule is COC(=O)C1(c2ccc([B-](F)(F)F)cc2)CC1. The van der Waals surface area contributed by atoms with Crippen molar-refractivity contribution in [1.82, 2.24) is 0 Å². The van der Waals surface area contributed by atoms with Crippen molar-refractivity contribution in [3.8, 4) is 0 Å². The average Bonchev–Trinajstić information content (AvgIpc) is 3.08. The lowest BCUT2D eigenvalue weighted by Gasteiger charge is -2.17. The van der Waals surface area contributed by atoms with Crippen LogP contribution >= 0.6 is 0 Å². The Morgan fingerprint density at radius 1 is 1.24 bits per heavy atom. The molecule has 6 heteroatoms. The van der Waals surface area contributed by atoms with Crippen molar-refractivity contribution in [2.75, 3.05) is 7.11 Å². The smallest absolute Gasteiger partial charge is 0.468 e. The Bertz CT molecular complexity index is 435. The summed E-state index contributed by atoms with van der Waals surface area (Å²) in [6.07, 6.45) is 1.27. The molecule has 17 heavy (non-hydrogen) atoms. The van der Waals surface area contributed by atoms with Crippen LogP contribution in [0.1, 0.15) is 18.4 Å². The minimum absolute atomic E-state index is 0.372. The molecule has 0 aromatic heterocycles. The van der Waals surface area contributed by atoms with E-state index in [1.807, 2.05) is 0 Å². The van der Waals surface area contributed by atoms with Crippen molar-refractivity contribution in [2.45, 2.75) is 18.3 Å². The zero-order chi connectivity index (χ0) is 12.7. The van der Waals surface area contributed by atoms with E-state index in [1.54, 1.807) is 0 Å². The van der Waals surface area contributed by atoms with Gasteiger partial charge in [0.05, 0.1) is 12.5 Å². The topological polar surface area (TPSA) is 26.3 Å². The maximum absolute atomic E-state index is 12.4. The Morgan fingerprint density at radius 3 is 2.12 bits per heavy atom. The molecule has 1 saturated carbocycles. The van der Waals surface area contributed by atoms with E-state index >= 15 is 0 Å². The molecule has 1 aromatic carbocycles. The summed E-state index contributed by atoms with van der Waals surface area (Å²) in [7, 11) is 1.29. The Hall–Kier alpha value is -1.46. The van der Waals surface area contributed by atoms with Crippen LogP contribution in [-0.2, 0) is 14.9 Å². The van der Waals surface area contributed by atoms with Crippen molar-refractivity contribution in [2.24, 2.45) is 0 Å². The first kappa shape index (κ1) is 12.0. The Labute approximate surface area is 96.8 Å². The van der Waals surface area contributed by atoms with Gasteiger partial charge in [-0.15, -0.1) is 5.46 Å². The highest BCUT2D eigenvalue weighted by molar-refractivity contribution is 6.73. The van der Waals surface area contributed by atoms with Gasteiger partial charge in [0, 0.05) is 0 Å². The number of methoxy groups -OCH3 is 1. The largest absolute Gasteiger partial charge is 0.509 e. The molecule has 1 aliphatic carbocycles. The molecule has 1 fully saturated rings. The average molecular weight is 243 g/mol. The van der Waals surface area contributed by atoms with Crippen LogP contribution in [0.5, 0.6) is 0 Å². The summed E-state index contributed by atoms with van der Waals surface area (Å²) in [5.41, 5.74) is -0.742. The second kappa shape index (κ2) is 3.79. The molecule has 2 rings (SSSR count). The third-order valence-corrected chi connectivity index (χ3v) is 3.17. The Morgan fingerprint density at radius 2 is 1.76 bits per heavy atom. The molecule has 0 radical (unpaired) electrons. The zero-order valence-corrected chi connectivity index (χ0v) is 9.25. The van der Waals surface area contributed by atoms with Crippen LogP contribution in [0.3, 0.4) is 0 Å². The van der Waals surface area contributed by atoms with Crippen molar-refractivity contribution in [3.05, 3.63) is 29.8 Å². The van der Waals surface area contributed by atoms with Gasteiger partial charge in [0.1, 0.15) is 0 Å². The second-order valence-corrected chi connectivity index (χ2v) is 4.27. The van der Waals surface area contributed by atoms with E-state index in [4.69, 9.17) is 0 Å². The highest BCUT2D eigenvalue weighted by Gasteiger charge is 2.52. The quantitative estimate of drug-likeness (QED) is 0.599. The van der Waals surface area contributed by atoms with Crippen LogP contribution in [0, 0.1) is 0 Å². The van der Waals surface area contributed by atoms with Crippen LogP contribution in [0.4, 0.5) is 12.9 Å². The molecule has 0 N–H and O–H groups in total. The van der Waals surface area contributed by atoms with Crippen molar-refractivity contribution < 1.29 is 22.5 Å². The molecule has 0 amide bonds. The second-order valence-electron chi connectivity index (χ2n) is 4.27. The fraction of sp³-hybridized carbons (Fsp3) is 0.364. The predicted octanol–water partition coefficient (Wildman–Crippen LogP) is 1.95. The van der Waals surface area contributed by atoms with Crippen LogP contribution in [0.25, 0.3) is 0 Å². The summed E-state index contributed by atoms with van der Waals surface area (Å²) >= 11 is 0. The molecule has 92 valence electrons. The first-order chi connectivity index (χ1) is 7.90. The van der Waals surface area contributed by atoms with Crippen molar-refractivity contribution in [3.63, 3.8) is 0 Å². The maximum Gasteiger partial charge on any atom is 0.509 e. The van der Waals surface area contributed by atoms with E-state index in [0.29, 0.717) is 18.4 Å². The van der Waals surface area contributed by atoms with Gasteiger partial charge in [-0.1, -0.05) is 24.3 Å². The number of halogens is 3. The molecule has 0 aliphatic heterocycles. The van der Waals surface area contributed by atoms with Gasteiger partial charge in [-0.05, 0) is 18.4 Å². The highest BCUT2D eigenvalue weighted by Crippen LogP contribution is 2.48. The summed E-state index contributed by atoms with van der Waals surface area (Å²) in [6.45, 7) is -4.98. The van der Waals surface area contributed by atoms with Crippen molar-refractivity contribution in [1.29, 1.82) is 0 Å². The number of benzene rings is 1. The van der Waals surface area contributed by atoms with Crippen LogP contribution < -0.4 is 5.46 Å². The molecule has 2 nitrogen and oxygen atoms in total. The number of rotatable bonds is 3. The first-order valence-electron chi connectivity index (χ1n) is 5.29. The molecule has 0 atom stereocenters. The van der Waals surface area contributed by atoms with Crippen LogP contribution in [0.2, 0.25) is 0 Å². The number of carbonyl (C=O) groups is 1. The summed E-state index contributed by atoms with van der Waals surface area (Å²) in [4.78, 5) is 11.5. The van der Waals surface area contributed by atoms with Crippen LogP contribution in [-0.4, -0.2) is 20.1 Å². The lowest BCUT2D eigenvalue weighted by Crippen LogP contribution is -2.34.